The molecule has 0 bridgehead atoms. The highest BCUT2D eigenvalue weighted by Gasteiger charge is 2.11. The number of primary sulfonamides is 1. The molecule has 0 amide bonds. The third kappa shape index (κ3) is 4.42. The monoisotopic (exact) mass is 321 g/mol. The Labute approximate surface area is 131 Å². The van der Waals surface area contributed by atoms with Crippen LogP contribution in [0.2, 0.25) is 0 Å². The fourth-order valence-corrected chi connectivity index (χ4v) is 3.13. The van der Waals surface area contributed by atoms with Gasteiger partial charge in [0.25, 0.3) is 0 Å². The van der Waals surface area contributed by atoms with Crippen molar-refractivity contribution in [2.75, 3.05) is 12.8 Å². The number of aromatic amines is 1. The van der Waals surface area contributed by atoms with Crippen molar-refractivity contribution in [3.05, 3.63) is 35.5 Å². The summed E-state index contributed by atoms with van der Waals surface area (Å²) in [5, 5.41) is 6.22. The summed E-state index contributed by atoms with van der Waals surface area (Å²) < 4.78 is 22.2. The Morgan fingerprint density at radius 1 is 1.41 bits per heavy atom. The van der Waals surface area contributed by atoms with Crippen LogP contribution in [-0.4, -0.2) is 32.4 Å². The Kier molecular flexibility index (Phi) is 5.37. The molecule has 0 saturated carbocycles. The first kappa shape index (κ1) is 16.7. The van der Waals surface area contributed by atoms with Gasteiger partial charge in [0.2, 0.25) is 10.0 Å². The van der Waals surface area contributed by atoms with E-state index in [2.05, 4.69) is 23.0 Å². The molecule has 0 aliphatic heterocycles. The molecule has 0 spiro atoms. The lowest BCUT2D eigenvalue weighted by atomic mass is 9.97. The molecule has 1 atom stereocenters. The third-order valence-electron chi connectivity index (χ3n) is 3.87. The first-order valence-electron chi connectivity index (χ1n) is 7.44. The topological polar surface area (TPSA) is 88.3 Å². The predicted molar refractivity (Wildman–Crippen MR) is 91.9 cm³/mol. The summed E-state index contributed by atoms with van der Waals surface area (Å²) >= 11 is 0. The van der Waals surface area contributed by atoms with E-state index in [9.17, 15) is 8.42 Å². The lowest BCUT2D eigenvalue weighted by molar-refractivity contribution is 0.597. The van der Waals surface area contributed by atoms with Crippen molar-refractivity contribution in [2.24, 2.45) is 16.0 Å². The Bertz CT molecular complexity index is 763. The maximum Gasteiger partial charge on any atom is 0.209 e. The highest BCUT2D eigenvalue weighted by atomic mass is 32.2. The van der Waals surface area contributed by atoms with Crippen LogP contribution in [0.25, 0.3) is 10.9 Å². The number of nitrogens with zero attached hydrogens (tertiary/aromatic N) is 1. The first-order valence-corrected chi connectivity index (χ1v) is 9.16. The van der Waals surface area contributed by atoms with E-state index < -0.39 is 10.0 Å². The lowest BCUT2D eigenvalue weighted by Gasteiger charge is -2.08. The van der Waals surface area contributed by atoms with Gasteiger partial charge in [-0.05, 0) is 48.4 Å². The standard InChI is InChI=1S/C16H23N3O2S/c1-3-12(10-18-2)8-14-11-19-16-5-4-13(9-15(14)16)6-7-22(17,20)21/h4-5,9-12,19H,3,6-8H2,1-2H3,(H2,17,20,21)/t12-/m1/s1. The molecule has 0 fully saturated rings. The Balaban J connectivity index is 2.25. The number of aliphatic imine (C=N–C) groups is 1. The van der Waals surface area contributed by atoms with Gasteiger partial charge in [0.1, 0.15) is 0 Å². The van der Waals surface area contributed by atoms with Crippen molar-refractivity contribution in [3.63, 3.8) is 0 Å². The van der Waals surface area contributed by atoms with Crippen LogP contribution in [-0.2, 0) is 22.9 Å². The second-order valence-electron chi connectivity index (χ2n) is 5.59. The molecule has 1 aromatic carbocycles. The molecule has 0 radical (unpaired) electrons. The molecule has 0 unspecified atom stereocenters. The van der Waals surface area contributed by atoms with Crippen molar-refractivity contribution in [1.29, 1.82) is 0 Å². The van der Waals surface area contributed by atoms with Gasteiger partial charge in [0, 0.05) is 30.4 Å². The number of hydrogen-bond donors (Lipinski definition) is 2. The molecule has 1 aromatic heterocycles. The van der Waals surface area contributed by atoms with Gasteiger partial charge in [-0.2, -0.15) is 0 Å². The summed E-state index contributed by atoms with van der Waals surface area (Å²) in [5.41, 5.74) is 3.29. The molecule has 22 heavy (non-hydrogen) atoms. The fraction of sp³-hybridized carbons (Fsp3) is 0.438. The van der Waals surface area contributed by atoms with E-state index in [1.54, 1.807) is 7.05 Å². The number of aromatic nitrogens is 1. The van der Waals surface area contributed by atoms with E-state index in [1.807, 2.05) is 24.5 Å². The number of nitrogens with one attached hydrogen (secondary N) is 1. The fourth-order valence-electron chi connectivity index (χ4n) is 2.61. The highest BCUT2D eigenvalue weighted by Crippen LogP contribution is 2.23. The molecule has 120 valence electrons. The summed E-state index contributed by atoms with van der Waals surface area (Å²) in [5.74, 6) is 0.385. The molecule has 1 heterocycles. The number of sulfonamides is 1. The van der Waals surface area contributed by atoms with Crippen LogP contribution in [0.4, 0.5) is 0 Å². The molecular weight excluding hydrogens is 298 g/mol. The van der Waals surface area contributed by atoms with Crippen molar-refractivity contribution in [1.82, 2.24) is 4.98 Å². The third-order valence-corrected chi connectivity index (χ3v) is 4.65. The van der Waals surface area contributed by atoms with Crippen LogP contribution in [0.1, 0.15) is 24.5 Å². The van der Waals surface area contributed by atoms with Crippen molar-refractivity contribution >= 4 is 27.1 Å². The van der Waals surface area contributed by atoms with E-state index in [1.165, 1.54) is 5.56 Å². The van der Waals surface area contributed by atoms with Gasteiger partial charge < -0.3 is 9.98 Å². The van der Waals surface area contributed by atoms with Crippen molar-refractivity contribution < 1.29 is 8.42 Å². The number of benzene rings is 1. The van der Waals surface area contributed by atoms with Crippen LogP contribution < -0.4 is 5.14 Å². The minimum Gasteiger partial charge on any atom is -0.361 e. The Hall–Kier alpha value is -1.66. The van der Waals surface area contributed by atoms with E-state index in [0.29, 0.717) is 12.3 Å². The highest BCUT2D eigenvalue weighted by molar-refractivity contribution is 7.89. The zero-order valence-corrected chi connectivity index (χ0v) is 13.9. The quantitative estimate of drug-likeness (QED) is 0.766. The largest absolute Gasteiger partial charge is 0.361 e. The van der Waals surface area contributed by atoms with Gasteiger partial charge in [-0.1, -0.05) is 13.0 Å². The SMILES string of the molecule is CC[C@@H](C=NC)Cc1c[nH]c2ccc(CCS(N)(=O)=O)cc12. The summed E-state index contributed by atoms with van der Waals surface area (Å²) in [4.78, 5) is 7.40. The summed E-state index contributed by atoms with van der Waals surface area (Å²) in [7, 11) is -1.63. The van der Waals surface area contributed by atoms with E-state index in [0.717, 1.165) is 29.3 Å². The maximum atomic E-state index is 11.1. The molecular formula is C16H23N3O2S. The van der Waals surface area contributed by atoms with Crippen LogP contribution in [0.15, 0.2) is 29.4 Å². The maximum absolute atomic E-state index is 11.1. The van der Waals surface area contributed by atoms with Gasteiger partial charge in [-0.3, -0.25) is 0 Å². The van der Waals surface area contributed by atoms with Gasteiger partial charge in [-0.25, -0.2) is 13.6 Å². The molecule has 0 aliphatic rings. The number of H-pyrrole nitrogens is 1. The van der Waals surface area contributed by atoms with Gasteiger partial charge in [-0.15, -0.1) is 0 Å². The lowest BCUT2D eigenvalue weighted by Crippen LogP contribution is -2.17. The Morgan fingerprint density at radius 3 is 2.82 bits per heavy atom. The summed E-state index contributed by atoms with van der Waals surface area (Å²) in [6, 6.07) is 5.99. The molecule has 2 aromatic rings. The molecule has 5 nitrogen and oxygen atoms in total. The zero-order chi connectivity index (χ0) is 16.2. The Morgan fingerprint density at radius 2 is 2.18 bits per heavy atom. The van der Waals surface area contributed by atoms with E-state index in [-0.39, 0.29) is 5.75 Å². The number of hydrogen-bond acceptors (Lipinski definition) is 3. The van der Waals surface area contributed by atoms with Crippen LogP contribution >= 0.6 is 0 Å². The molecule has 3 N–H and O–H groups in total. The molecule has 2 rings (SSSR count). The van der Waals surface area contributed by atoms with Gasteiger partial charge >= 0.3 is 0 Å². The minimum atomic E-state index is -3.43. The minimum absolute atomic E-state index is 0.0294. The second-order valence-corrected chi connectivity index (χ2v) is 7.32. The van der Waals surface area contributed by atoms with Crippen LogP contribution in [0, 0.1) is 5.92 Å². The van der Waals surface area contributed by atoms with Gasteiger partial charge in [0.05, 0.1) is 5.75 Å². The van der Waals surface area contributed by atoms with Crippen LogP contribution in [0.5, 0.6) is 0 Å². The smallest absolute Gasteiger partial charge is 0.209 e. The zero-order valence-electron chi connectivity index (χ0n) is 13.0. The summed E-state index contributed by atoms with van der Waals surface area (Å²) in [6.07, 6.45) is 6.42. The first-order chi connectivity index (χ1) is 10.4. The van der Waals surface area contributed by atoms with E-state index in [4.69, 9.17) is 5.14 Å². The van der Waals surface area contributed by atoms with Crippen molar-refractivity contribution in [2.45, 2.75) is 26.2 Å². The normalized spacial score (nSPS) is 14.0. The molecule has 0 aliphatic carbocycles. The van der Waals surface area contributed by atoms with Gasteiger partial charge in [0.15, 0.2) is 0 Å². The number of rotatable bonds is 7. The average molecular weight is 321 g/mol. The van der Waals surface area contributed by atoms with E-state index >= 15 is 0 Å². The predicted octanol–water partition coefficient (Wildman–Crippen LogP) is 2.27. The number of aryl methyl sites for hydroxylation is 1. The van der Waals surface area contributed by atoms with Crippen molar-refractivity contribution in [3.8, 4) is 0 Å². The molecule has 6 heteroatoms. The summed E-state index contributed by atoms with van der Waals surface area (Å²) in [6.45, 7) is 2.15. The molecule has 0 saturated heterocycles. The van der Waals surface area contributed by atoms with Crippen LogP contribution in [0.3, 0.4) is 0 Å². The number of nitrogens with two attached hydrogens (primary N) is 1. The number of fused-ring (bicyclic) bond motifs is 1. The second kappa shape index (κ2) is 7.07. The average Bonchev–Trinajstić information content (AvgIpc) is 2.86.